The Morgan fingerprint density at radius 3 is 2.62 bits per heavy atom. The minimum Gasteiger partial charge on any atom is -0.481 e. The van der Waals surface area contributed by atoms with Crippen LogP contribution in [0.1, 0.15) is 39.0 Å². The lowest BCUT2D eigenvalue weighted by atomic mass is 10.1. The fourth-order valence-corrected chi connectivity index (χ4v) is 0.941. The van der Waals surface area contributed by atoms with E-state index in [1.165, 1.54) is 0 Å². The van der Waals surface area contributed by atoms with Crippen molar-refractivity contribution in [2.75, 3.05) is 0 Å². The molecule has 0 fully saturated rings. The quantitative estimate of drug-likeness (QED) is 0.485. The van der Waals surface area contributed by atoms with Crippen molar-refractivity contribution >= 4 is 5.97 Å². The Kier molecular flexibility index (Phi) is 6.98. The van der Waals surface area contributed by atoms with Gasteiger partial charge in [-0.05, 0) is 32.6 Å². The molecule has 0 rings (SSSR count). The van der Waals surface area contributed by atoms with Crippen molar-refractivity contribution in [3.05, 3.63) is 24.3 Å². The molecule has 0 aromatic heterocycles. The monoisotopic (exact) mass is 182 g/mol. The van der Waals surface area contributed by atoms with Crippen LogP contribution in [-0.4, -0.2) is 11.1 Å². The third-order valence-corrected chi connectivity index (χ3v) is 1.64. The second kappa shape index (κ2) is 7.59. The largest absolute Gasteiger partial charge is 0.481 e. The second-order valence-electron chi connectivity index (χ2n) is 3.27. The van der Waals surface area contributed by atoms with Crippen molar-refractivity contribution in [3.8, 4) is 0 Å². The van der Waals surface area contributed by atoms with E-state index in [-0.39, 0.29) is 6.42 Å². The Labute approximate surface area is 80.0 Å². The van der Waals surface area contributed by atoms with E-state index in [1.807, 2.05) is 6.92 Å². The maximum Gasteiger partial charge on any atom is 0.303 e. The van der Waals surface area contributed by atoms with E-state index >= 15 is 0 Å². The van der Waals surface area contributed by atoms with Crippen LogP contribution in [0.5, 0.6) is 0 Å². The number of unbranched alkanes of at least 4 members (excludes halogenated alkanes) is 2. The normalized spacial score (nSPS) is 10.5. The average Bonchev–Trinajstić information content (AvgIpc) is 2.01. The molecule has 0 unspecified atom stereocenters. The van der Waals surface area contributed by atoms with Gasteiger partial charge in [0.1, 0.15) is 0 Å². The minimum atomic E-state index is -0.703. The van der Waals surface area contributed by atoms with E-state index in [9.17, 15) is 4.79 Å². The van der Waals surface area contributed by atoms with Gasteiger partial charge in [-0.1, -0.05) is 24.3 Å². The smallest absolute Gasteiger partial charge is 0.303 e. The number of carboxylic acid groups (broad SMARTS) is 1. The Hall–Kier alpha value is -1.05. The van der Waals surface area contributed by atoms with Crippen LogP contribution in [0.4, 0.5) is 0 Å². The van der Waals surface area contributed by atoms with Gasteiger partial charge in [0.25, 0.3) is 0 Å². The van der Waals surface area contributed by atoms with Gasteiger partial charge in [-0.2, -0.15) is 0 Å². The number of allylic oxidation sites excluding steroid dienone is 3. The summed E-state index contributed by atoms with van der Waals surface area (Å²) in [5, 5.41) is 8.36. The summed E-state index contributed by atoms with van der Waals surface area (Å²) >= 11 is 0. The maximum absolute atomic E-state index is 10.1. The molecule has 0 radical (unpaired) electrons. The molecule has 0 aliphatic carbocycles. The summed E-state index contributed by atoms with van der Waals surface area (Å²) in [6, 6.07) is 0. The molecule has 0 bridgehead atoms. The molecule has 74 valence electrons. The number of hydrogen-bond acceptors (Lipinski definition) is 1. The first-order chi connectivity index (χ1) is 6.13. The molecule has 2 nitrogen and oxygen atoms in total. The Balaban J connectivity index is 3.20. The van der Waals surface area contributed by atoms with Crippen LogP contribution in [0.25, 0.3) is 0 Å². The van der Waals surface area contributed by atoms with Gasteiger partial charge in [0.05, 0.1) is 0 Å². The highest BCUT2D eigenvalue weighted by molar-refractivity contribution is 5.66. The van der Waals surface area contributed by atoms with Gasteiger partial charge < -0.3 is 5.11 Å². The molecule has 1 N–H and O–H groups in total. The molecular formula is C11H18O2. The summed E-state index contributed by atoms with van der Waals surface area (Å²) in [6.45, 7) is 5.78. The van der Waals surface area contributed by atoms with Gasteiger partial charge in [-0.25, -0.2) is 0 Å². The van der Waals surface area contributed by atoms with Crippen molar-refractivity contribution in [1.29, 1.82) is 0 Å². The molecule has 0 saturated carbocycles. The highest BCUT2D eigenvalue weighted by Gasteiger charge is 1.93. The second-order valence-corrected chi connectivity index (χ2v) is 3.27. The predicted octanol–water partition coefficient (Wildman–Crippen LogP) is 3.15. The first kappa shape index (κ1) is 11.9. The lowest BCUT2D eigenvalue weighted by molar-refractivity contribution is -0.137. The zero-order valence-electron chi connectivity index (χ0n) is 8.25. The summed E-state index contributed by atoms with van der Waals surface area (Å²) in [7, 11) is 0. The summed E-state index contributed by atoms with van der Waals surface area (Å²) in [6.07, 6.45) is 8.10. The molecule has 13 heavy (non-hydrogen) atoms. The first-order valence-electron chi connectivity index (χ1n) is 4.64. The van der Waals surface area contributed by atoms with Gasteiger partial charge >= 0.3 is 5.97 Å². The third kappa shape index (κ3) is 10.9. The molecule has 0 heterocycles. The zero-order chi connectivity index (χ0) is 10.1. The summed E-state index contributed by atoms with van der Waals surface area (Å²) in [5.41, 5.74) is 1.15. The van der Waals surface area contributed by atoms with Crippen molar-refractivity contribution in [3.63, 3.8) is 0 Å². The van der Waals surface area contributed by atoms with Crippen LogP contribution in [-0.2, 0) is 4.79 Å². The number of carboxylic acids is 1. The minimum absolute atomic E-state index is 0.286. The van der Waals surface area contributed by atoms with E-state index in [4.69, 9.17) is 5.11 Å². The fraction of sp³-hybridized carbons (Fsp3) is 0.545. The molecule has 2 heteroatoms. The van der Waals surface area contributed by atoms with Gasteiger partial charge in [0.15, 0.2) is 0 Å². The highest BCUT2D eigenvalue weighted by atomic mass is 16.4. The Morgan fingerprint density at radius 2 is 2.08 bits per heavy atom. The molecule has 0 aliphatic heterocycles. The predicted molar refractivity (Wildman–Crippen MR) is 54.7 cm³/mol. The van der Waals surface area contributed by atoms with Crippen molar-refractivity contribution in [1.82, 2.24) is 0 Å². The number of rotatable bonds is 7. The van der Waals surface area contributed by atoms with E-state index < -0.39 is 5.97 Å². The van der Waals surface area contributed by atoms with E-state index in [1.54, 1.807) is 0 Å². The van der Waals surface area contributed by atoms with Crippen molar-refractivity contribution in [2.24, 2.45) is 0 Å². The average molecular weight is 182 g/mol. The third-order valence-electron chi connectivity index (χ3n) is 1.64. The van der Waals surface area contributed by atoms with E-state index in [0.717, 1.165) is 31.3 Å². The Bertz CT molecular complexity index is 192. The van der Waals surface area contributed by atoms with Crippen molar-refractivity contribution in [2.45, 2.75) is 39.0 Å². The summed E-state index contributed by atoms with van der Waals surface area (Å²) in [5.74, 6) is -0.703. The van der Waals surface area contributed by atoms with Gasteiger partial charge in [0, 0.05) is 6.42 Å². The topological polar surface area (TPSA) is 37.3 Å². The van der Waals surface area contributed by atoms with Crippen LogP contribution in [0, 0.1) is 0 Å². The molecule has 0 aromatic rings. The highest BCUT2D eigenvalue weighted by Crippen LogP contribution is 2.02. The maximum atomic E-state index is 10.1. The van der Waals surface area contributed by atoms with Crippen LogP contribution < -0.4 is 0 Å². The van der Waals surface area contributed by atoms with Crippen LogP contribution in [0.3, 0.4) is 0 Å². The van der Waals surface area contributed by atoms with E-state index in [0.29, 0.717) is 0 Å². The van der Waals surface area contributed by atoms with Crippen LogP contribution in [0.2, 0.25) is 0 Å². The zero-order valence-corrected chi connectivity index (χ0v) is 8.25. The molecule has 0 aliphatic rings. The number of aliphatic carboxylic acids is 1. The lowest BCUT2D eigenvalue weighted by Crippen LogP contribution is -1.92. The van der Waals surface area contributed by atoms with Gasteiger partial charge in [-0.15, -0.1) is 0 Å². The summed E-state index contributed by atoms with van der Waals surface area (Å²) < 4.78 is 0. The van der Waals surface area contributed by atoms with E-state index in [2.05, 4.69) is 18.7 Å². The first-order valence-corrected chi connectivity index (χ1v) is 4.64. The molecule has 0 atom stereocenters. The number of hydrogen-bond donors (Lipinski definition) is 1. The lowest BCUT2D eigenvalue weighted by Gasteiger charge is -1.93. The summed E-state index contributed by atoms with van der Waals surface area (Å²) in [4.78, 5) is 10.1. The standard InChI is InChI=1S/C11H18O2/c1-10(2)8-6-4-3-5-7-9-11(12)13/h4,6H,1,3,5,7-9H2,2H3,(H,12,13). The van der Waals surface area contributed by atoms with Gasteiger partial charge in [0.2, 0.25) is 0 Å². The molecule has 0 spiro atoms. The van der Waals surface area contributed by atoms with Gasteiger partial charge in [-0.3, -0.25) is 4.79 Å². The molecule has 0 amide bonds. The molecule has 0 aromatic carbocycles. The Morgan fingerprint density at radius 1 is 1.38 bits per heavy atom. The van der Waals surface area contributed by atoms with Crippen LogP contribution >= 0.6 is 0 Å². The van der Waals surface area contributed by atoms with Crippen LogP contribution in [0.15, 0.2) is 24.3 Å². The molecular weight excluding hydrogens is 164 g/mol. The molecule has 0 saturated heterocycles. The van der Waals surface area contributed by atoms with Crippen molar-refractivity contribution < 1.29 is 9.90 Å². The number of carbonyl (C=O) groups is 1. The fourth-order valence-electron chi connectivity index (χ4n) is 0.941. The SMILES string of the molecule is C=C(C)CC=CCCCCC(=O)O.